The van der Waals surface area contributed by atoms with E-state index in [4.69, 9.17) is 0 Å². The second-order valence-corrected chi connectivity index (χ2v) is 8.47. The first-order chi connectivity index (χ1) is 12.1. The van der Waals surface area contributed by atoms with Crippen LogP contribution in [-0.4, -0.2) is 40.5 Å². The third-order valence-corrected chi connectivity index (χ3v) is 6.81. The summed E-state index contributed by atoms with van der Waals surface area (Å²) in [6, 6.07) is 10.7. The second kappa shape index (κ2) is 7.42. The summed E-state index contributed by atoms with van der Waals surface area (Å²) in [5, 5.41) is 7.74. The van der Waals surface area contributed by atoms with Crippen LogP contribution in [0.25, 0.3) is 10.8 Å². The molecular formula is C18H22ClN3O3S. The largest absolute Gasteiger partial charge is 0.355 e. The molecular weight excluding hydrogens is 374 g/mol. The van der Waals surface area contributed by atoms with Crippen LogP contribution in [0.2, 0.25) is 0 Å². The molecule has 26 heavy (non-hydrogen) atoms. The van der Waals surface area contributed by atoms with Crippen LogP contribution in [0.4, 0.5) is 5.69 Å². The molecule has 0 saturated carbocycles. The molecule has 2 heterocycles. The average Bonchev–Trinajstić information content (AvgIpc) is 3.18. The van der Waals surface area contributed by atoms with Crippen molar-refractivity contribution in [2.75, 3.05) is 30.5 Å². The fourth-order valence-electron chi connectivity index (χ4n) is 3.69. The van der Waals surface area contributed by atoms with Gasteiger partial charge in [-0.1, -0.05) is 24.3 Å². The number of nitrogens with one attached hydrogen (secondary N) is 2. The van der Waals surface area contributed by atoms with E-state index in [1.165, 1.54) is 4.31 Å². The molecule has 2 aromatic carbocycles. The zero-order valence-electron chi connectivity index (χ0n) is 14.3. The Balaban J connectivity index is 0.00000196. The van der Waals surface area contributed by atoms with Crippen molar-refractivity contribution in [1.82, 2.24) is 10.6 Å². The highest BCUT2D eigenvalue weighted by molar-refractivity contribution is 7.93. The summed E-state index contributed by atoms with van der Waals surface area (Å²) in [6.07, 6.45) is 2.05. The predicted octanol–water partition coefficient (Wildman–Crippen LogP) is 1.89. The van der Waals surface area contributed by atoms with Gasteiger partial charge in [0.25, 0.3) is 10.0 Å². The van der Waals surface area contributed by atoms with Crippen LogP contribution in [0.5, 0.6) is 0 Å². The smallest absolute Gasteiger partial charge is 0.265 e. The van der Waals surface area contributed by atoms with Crippen molar-refractivity contribution in [2.24, 2.45) is 5.92 Å². The number of hydrogen-bond donors (Lipinski definition) is 2. The topological polar surface area (TPSA) is 78.5 Å². The Morgan fingerprint density at radius 2 is 2.00 bits per heavy atom. The number of amides is 1. The van der Waals surface area contributed by atoms with Crippen molar-refractivity contribution in [3.63, 3.8) is 0 Å². The molecule has 0 aromatic heterocycles. The van der Waals surface area contributed by atoms with E-state index >= 15 is 0 Å². The molecule has 1 unspecified atom stereocenters. The summed E-state index contributed by atoms with van der Waals surface area (Å²) in [4.78, 5) is 12.6. The molecule has 0 radical (unpaired) electrons. The number of rotatable bonds is 5. The van der Waals surface area contributed by atoms with Gasteiger partial charge in [0.1, 0.15) is 6.54 Å². The zero-order chi connectivity index (χ0) is 17.4. The fraction of sp³-hybridized carbons (Fsp3) is 0.389. The van der Waals surface area contributed by atoms with Gasteiger partial charge in [0.15, 0.2) is 0 Å². The molecule has 8 heteroatoms. The van der Waals surface area contributed by atoms with Crippen LogP contribution in [0.3, 0.4) is 0 Å². The highest BCUT2D eigenvalue weighted by atomic mass is 35.5. The highest BCUT2D eigenvalue weighted by Crippen LogP contribution is 2.41. The highest BCUT2D eigenvalue weighted by Gasteiger charge is 2.36. The Morgan fingerprint density at radius 1 is 1.23 bits per heavy atom. The third-order valence-electron chi connectivity index (χ3n) is 5.01. The molecule has 4 rings (SSSR count). The lowest BCUT2D eigenvalue weighted by atomic mass is 10.1. The first kappa shape index (κ1) is 18.9. The van der Waals surface area contributed by atoms with Crippen molar-refractivity contribution in [2.45, 2.75) is 17.7 Å². The number of carbonyl (C=O) groups is 1. The average molecular weight is 396 g/mol. The van der Waals surface area contributed by atoms with Gasteiger partial charge in [0.05, 0.1) is 10.6 Å². The standard InChI is InChI=1S/C18H21N3O3S.ClH/c22-17(20-10-8-13-7-9-19-11-13)12-21-15-5-1-3-14-4-2-6-16(18(14)15)25(21,23)24;/h1-6,13,19H,7-12H2,(H,20,22);1H. The molecule has 2 aliphatic rings. The Morgan fingerprint density at radius 3 is 2.73 bits per heavy atom. The van der Waals surface area contributed by atoms with Crippen molar-refractivity contribution in [3.8, 4) is 0 Å². The van der Waals surface area contributed by atoms with Gasteiger partial charge in [-0.15, -0.1) is 12.4 Å². The summed E-state index contributed by atoms with van der Waals surface area (Å²) in [6.45, 7) is 2.43. The molecule has 2 N–H and O–H groups in total. The number of anilines is 1. The van der Waals surface area contributed by atoms with Gasteiger partial charge in [0.2, 0.25) is 5.91 Å². The van der Waals surface area contributed by atoms with Gasteiger partial charge < -0.3 is 10.6 Å². The van der Waals surface area contributed by atoms with Crippen LogP contribution < -0.4 is 14.9 Å². The van der Waals surface area contributed by atoms with E-state index in [1.807, 2.05) is 18.2 Å². The summed E-state index contributed by atoms with van der Waals surface area (Å²) in [5.74, 6) is 0.327. The zero-order valence-corrected chi connectivity index (χ0v) is 15.9. The van der Waals surface area contributed by atoms with E-state index in [-0.39, 0.29) is 29.8 Å². The maximum atomic E-state index is 12.8. The van der Waals surface area contributed by atoms with Crippen LogP contribution in [-0.2, 0) is 14.8 Å². The van der Waals surface area contributed by atoms with Gasteiger partial charge in [-0.3, -0.25) is 9.10 Å². The number of halogens is 1. The number of sulfonamides is 1. The van der Waals surface area contributed by atoms with Crippen molar-refractivity contribution in [1.29, 1.82) is 0 Å². The quantitative estimate of drug-likeness (QED) is 0.810. The lowest BCUT2D eigenvalue weighted by Gasteiger charge is -2.18. The molecule has 1 atom stereocenters. The lowest BCUT2D eigenvalue weighted by Crippen LogP contribution is -2.39. The van der Waals surface area contributed by atoms with E-state index in [2.05, 4.69) is 10.6 Å². The summed E-state index contributed by atoms with van der Waals surface area (Å²) >= 11 is 0. The Kier molecular flexibility index (Phi) is 5.41. The Hall–Kier alpha value is -1.83. The van der Waals surface area contributed by atoms with Crippen LogP contribution in [0.1, 0.15) is 12.8 Å². The van der Waals surface area contributed by atoms with Crippen molar-refractivity contribution < 1.29 is 13.2 Å². The summed E-state index contributed by atoms with van der Waals surface area (Å²) in [7, 11) is -3.67. The second-order valence-electron chi connectivity index (χ2n) is 6.64. The molecule has 1 amide bonds. The molecule has 1 saturated heterocycles. The molecule has 0 bridgehead atoms. The number of benzene rings is 2. The summed E-state index contributed by atoms with van der Waals surface area (Å²) in [5.41, 5.74) is 0.586. The maximum absolute atomic E-state index is 12.8. The first-order valence-electron chi connectivity index (χ1n) is 8.59. The van der Waals surface area contributed by atoms with Crippen LogP contribution in [0.15, 0.2) is 41.3 Å². The normalized spacial score (nSPS) is 20.2. The molecule has 140 valence electrons. The molecule has 6 nitrogen and oxygen atoms in total. The minimum atomic E-state index is -3.67. The van der Waals surface area contributed by atoms with E-state index in [0.717, 1.165) is 31.3 Å². The van der Waals surface area contributed by atoms with Crippen molar-refractivity contribution in [3.05, 3.63) is 36.4 Å². The fourth-order valence-corrected chi connectivity index (χ4v) is 5.36. The van der Waals surface area contributed by atoms with Gasteiger partial charge in [0, 0.05) is 11.9 Å². The van der Waals surface area contributed by atoms with Crippen molar-refractivity contribution >= 4 is 44.8 Å². The monoisotopic (exact) mass is 395 g/mol. The van der Waals surface area contributed by atoms with Gasteiger partial charge >= 0.3 is 0 Å². The molecule has 1 fully saturated rings. The minimum absolute atomic E-state index is 0. The molecule has 2 aliphatic heterocycles. The number of carbonyl (C=O) groups excluding carboxylic acids is 1. The van der Waals surface area contributed by atoms with Gasteiger partial charge in [-0.2, -0.15) is 0 Å². The molecule has 0 spiro atoms. The van der Waals surface area contributed by atoms with E-state index < -0.39 is 10.0 Å². The predicted molar refractivity (Wildman–Crippen MR) is 104 cm³/mol. The lowest BCUT2D eigenvalue weighted by molar-refractivity contribution is -0.119. The molecule has 0 aliphatic carbocycles. The SMILES string of the molecule is Cl.O=C(CN1c2cccc3cccc(c23)S1(=O)=O)NCCC1CCNC1. The Labute approximate surface area is 159 Å². The summed E-state index contributed by atoms with van der Waals surface area (Å²) < 4.78 is 26.9. The van der Waals surface area contributed by atoms with Crippen LogP contribution >= 0.6 is 12.4 Å². The van der Waals surface area contributed by atoms with Gasteiger partial charge in [-0.05, 0) is 49.4 Å². The minimum Gasteiger partial charge on any atom is -0.355 e. The number of hydrogen-bond acceptors (Lipinski definition) is 4. The van der Waals surface area contributed by atoms with Crippen LogP contribution in [0, 0.1) is 5.92 Å². The maximum Gasteiger partial charge on any atom is 0.265 e. The van der Waals surface area contributed by atoms with E-state index in [9.17, 15) is 13.2 Å². The van der Waals surface area contributed by atoms with E-state index in [0.29, 0.717) is 23.5 Å². The van der Waals surface area contributed by atoms with E-state index in [1.54, 1.807) is 18.2 Å². The molecule has 2 aromatic rings. The first-order valence-corrected chi connectivity index (χ1v) is 10.0. The Bertz CT molecular complexity index is 921. The van der Waals surface area contributed by atoms with Gasteiger partial charge in [-0.25, -0.2) is 8.42 Å². The third kappa shape index (κ3) is 3.26. The number of nitrogens with zero attached hydrogens (tertiary/aromatic N) is 1.